The molecular weight excluding hydrogens is 409 g/mol. The molecule has 0 amide bonds. The van der Waals surface area contributed by atoms with Crippen molar-refractivity contribution in [3.05, 3.63) is 70.7 Å². The van der Waals surface area contributed by atoms with Crippen LogP contribution in [0.1, 0.15) is 49.8 Å². The first kappa shape index (κ1) is 22.4. The van der Waals surface area contributed by atoms with Crippen LogP contribution in [0.2, 0.25) is 0 Å². The highest BCUT2D eigenvalue weighted by Gasteiger charge is 2.24. The van der Waals surface area contributed by atoms with E-state index in [0.717, 1.165) is 6.42 Å². The molecule has 32 heavy (non-hydrogen) atoms. The van der Waals surface area contributed by atoms with Crippen LogP contribution in [0.5, 0.6) is 0 Å². The standard InChI is InChI=1S/C27H29F3N2/c1-15(2)32-23-12-11-21(14-31-23)25-17(4)26(29)24(16(3)27(25)30)20-10-9-19(22(28)13-20)8-7-18-5-6-18/h9-15,18H,5-8H2,1-4H3,(H,31,32). The van der Waals surface area contributed by atoms with Crippen molar-refractivity contribution in [2.24, 2.45) is 5.92 Å². The number of halogens is 3. The van der Waals surface area contributed by atoms with Crippen molar-refractivity contribution in [3.63, 3.8) is 0 Å². The van der Waals surface area contributed by atoms with E-state index in [-0.39, 0.29) is 34.1 Å². The summed E-state index contributed by atoms with van der Waals surface area (Å²) < 4.78 is 45.7. The molecular formula is C27H29F3N2. The Labute approximate surface area is 187 Å². The number of nitrogens with one attached hydrogen (secondary N) is 1. The molecule has 0 bridgehead atoms. The molecule has 1 heterocycles. The molecule has 0 atom stereocenters. The molecule has 5 heteroatoms. The molecule has 0 aliphatic heterocycles. The highest BCUT2D eigenvalue weighted by molar-refractivity contribution is 5.78. The predicted octanol–water partition coefficient (Wildman–Crippen LogP) is 7.61. The number of aryl methyl sites for hydroxylation is 1. The van der Waals surface area contributed by atoms with Crippen LogP contribution >= 0.6 is 0 Å². The molecule has 4 rings (SSSR count). The minimum Gasteiger partial charge on any atom is -0.368 e. The lowest BCUT2D eigenvalue weighted by molar-refractivity contribution is 0.589. The van der Waals surface area contributed by atoms with Crippen LogP contribution in [0, 0.1) is 37.2 Å². The number of anilines is 1. The Hall–Kier alpha value is -2.82. The Morgan fingerprint density at radius 3 is 2.09 bits per heavy atom. The molecule has 0 saturated heterocycles. The number of benzene rings is 2. The lowest BCUT2D eigenvalue weighted by Crippen LogP contribution is -2.10. The van der Waals surface area contributed by atoms with Crippen LogP contribution in [-0.4, -0.2) is 11.0 Å². The van der Waals surface area contributed by atoms with Gasteiger partial charge in [-0.05, 0) is 86.9 Å². The fourth-order valence-corrected chi connectivity index (χ4v) is 4.20. The monoisotopic (exact) mass is 438 g/mol. The third kappa shape index (κ3) is 4.52. The SMILES string of the molecule is Cc1c(F)c(-c2ccc(CCC3CC3)c(F)c2)c(C)c(F)c1-c1ccc(NC(C)C)nc1. The Kier molecular flexibility index (Phi) is 6.27. The predicted molar refractivity (Wildman–Crippen MR) is 124 cm³/mol. The molecule has 0 spiro atoms. The lowest BCUT2D eigenvalue weighted by atomic mass is 9.90. The van der Waals surface area contributed by atoms with Crippen molar-refractivity contribution in [2.75, 3.05) is 5.32 Å². The molecule has 1 fully saturated rings. The Balaban J connectivity index is 1.70. The molecule has 1 N–H and O–H groups in total. The molecule has 1 aromatic heterocycles. The largest absolute Gasteiger partial charge is 0.368 e. The highest BCUT2D eigenvalue weighted by atomic mass is 19.1. The van der Waals surface area contributed by atoms with Crippen molar-refractivity contribution in [2.45, 2.75) is 59.4 Å². The molecule has 1 aliphatic carbocycles. The van der Waals surface area contributed by atoms with Crippen molar-refractivity contribution >= 4 is 5.82 Å². The van der Waals surface area contributed by atoms with E-state index in [0.29, 0.717) is 34.8 Å². The van der Waals surface area contributed by atoms with Crippen LogP contribution in [0.25, 0.3) is 22.3 Å². The summed E-state index contributed by atoms with van der Waals surface area (Å²) in [6.45, 7) is 7.09. The number of aromatic nitrogens is 1. The molecule has 0 radical (unpaired) electrons. The van der Waals surface area contributed by atoms with Gasteiger partial charge in [0.05, 0.1) is 0 Å². The van der Waals surface area contributed by atoms with Crippen LogP contribution in [0.15, 0.2) is 36.5 Å². The topological polar surface area (TPSA) is 24.9 Å². The Morgan fingerprint density at radius 1 is 0.938 bits per heavy atom. The van der Waals surface area contributed by atoms with E-state index in [9.17, 15) is 4.39 Å². The Bertz CT molecular complexity index is 1100. The quantitative estimate of drug-likeness (QED) is 0.410. The smallest absolute Gasteiger partial charge is 0.135 e. The first-order valence-corrected chi connectivity index (χ1v) is 11.3. The van der Waals surface area contributed by atoms with Gasteiger partial charge >= 0.3 is 0 Å². The molecule has 1 saturated carbocycles. The van der Waals surface area contributed by atoms with E-state index < -0.39 is 11.6 Å². The average molecular weight is 439 g/mol. The number of hydrogen-bond acceptors (Lipinski definition) is 2. The maximum atomic E-state index is 15.5. The van der Waals surface area contributed by atoms with Gasteiger partial charge in [0, 0.05) is 28.9 Å². The summed E-state index contributed by atoms with van der Waals surface area (Å²) in [6.07, 6.45) is 5.65. The molecule has 1 aliphatic rings. The van der Waals surface area contributed by atoms with Gasteiger partial charge in [0.1, 0.15) is 23.3 Å². The lowest BCUT2D eigenvalue weighted by Gasteiger charge is -2.17. The zero-order valence-electron chi connectivity index (χ0n) is 19.0. The second kappa shape index (κ2) is 8.97. The van der Waals surface area contributed by atoms with Crippen molar-refractivity contribution in [1.82, 2.24) is 4.98 Å². The zero-order valence-corrected chi connectivity index (χ0v) is 19.0. The maximum Gasteiger partial charge on any atom is 0.135 e. The van der Waals surface area contributed by atoms with Gasteiger partial charge in [-0.25, -0.2) is 18.2 Å². The van der Waals surface area contributed by atoms with Gasteiger partial charge in [0.15, 0.2) is 0 Å². The fourth-order valence-electron chi connectivity index (χ4n) is 4.20. The Morgan fingerprint density at radius 2 is 1.56 bits per heavy atom. The van der Waals surface area contributed by atoms with Gasteiger partial charge < -0.3 is 5.32 Å². The van der Waals surface area contributed by atoms with Gasteiger partial charge in [-0.15, -0.1) is 0 Å². The van der Waals surface area contributed by atoms with E-state index in [2.05, 4.69) is 10.3 Å². The molecule has 2 aromatic carbocycles. The van der Waals surface area contributed by atoms with Gasteiger partial charge in [0.25, 0.3) is 0 Å². The van der Waals surface area contributed by atoms with Crippen molar-refractivity contribution in [1.29, 1.82) is 0 Å². The summed E-state index contributed by atoms with van der Waals surface area (Å²) in [5.74, 6) is -0.0194. The third-order valence-corrected chi connectivity index (χ3v) is 6.20. The van der Waals surface area contributed by atoms with E-state index in [1.54, 1.807) is 37.4 Å². The highest BCUT2D eigenvalue weighted by Crippen LogP contribution is 2.39. The second-order valence-corrected chi connectivity index (χ2v) is 9.15. The van der Waals surface area contributed by atoms with Crippen LogP contribution < -0.4 is 5.32 Å². The van der Waals surface area contributed by atoms with Crippen molar-refractivity contribution in [3.8, 4) is 22.3 Å². The van der Waals surface area contributed by atoms with E-state index in [1.165, 1.54) is 25.8 Å². The number of pyridine rings is 1. The molecule has 2 nitrogen and oxygen atoms in total. The van der Waals surface area contributed by atoms with Crippen molar-refractivity contribution < 1.29 is 13.2 Å². The van der Waals surface area contributed by atoms with Crippen LogP contribution in [-0.2, 0) is 6.42 Å². The molecule has 3 aromatic rings. The summed E-state index contributed by atoms with van der Waals surface area (Å²) in [4.78, 5) is 4.32. The van der Waals surface area contributed by atoms with Gasteiger partial charge in [-0.3, -0.25) is 0 Å². The summed E-state index contributed by atoms with van der Waals surface area (Å²) >= 11 is 0. The van der Waals surface area contributed by atoms with E-state index in [4.69, 9.17) is 0 Å². The minimum absolute atomic E-state index is 0.113. The van der Waals surface area contributed by atoms with Crippen LogP contribution in [0.3, 0.4) is 0 Å². The molecule has 168 valence electrons. The normalized spacial score (nSPS) is 13.6. The fraction of sp³-hybridized carbons (Fsp3) is 0.370. The summed E-state index contributed by atoms with van der Waals surface area (Å²) in [5, 5.41) is 3.18. The summed E-state index contributed by atoms with van der Waals surface area (Å²) in [6, 6.07) is 8.44. The third-order valence-electron chi connectivity index (χ3n) is 6.20. The van der Waals surface area contributed by atoms with Gasteiger partial charge in [0.2, 0.25) is 0 Å². The summed E-state index contributed by atoms with van der Waals surface area (Å²) in [7, 11) is 0. The first-order chi connectivity index (χ1) is 15.3. The van der Waals surface area contributed by atoms with Gasteiger partial charge in [-0.1, -0.05) is 25.0 Å². The van der Waals surface area contributed by atoms with Crippen LogP contribution in [0.4, 0.5) is 19.0 Å². The average Bonchev–Trinajstić information content (AvgIpc) is 3.57. The number of hydrogen-bond donors (Lipinski definition) is 1. The number of rotatable bonds is 7. The zero-order chi connectivity index (χ0) is 23.0. The second-order valence-electron chi connectivity index (χ2n) is 9.15. The van der Waals surface area contributed by atoms with E-state index in [1.807, 2.05) is 13.8 Å². The minimum atomic E-state index is -0.534. The van der Waals surface area contributed by atoms with E-state index >= 15 is 8.78 Å². The summed E-state index contributed by atoms with van der Waals surface area (Å²) in [5.41, 5.74) is 2.15. The number of nitrogens with zero attached hydrogens (tertiary/aromatic N) is 1. The first-order valence-electron chi connectivity index (χ1n) is 11.3. The van der Waals surface area contributed by atoms with Gasteiger partial charge in [-0.2, -0.15) is 0 Å². The maximum absolute atomic E-state index is 15.5. The molecule has 0 unspecified atom stereocenters.